The van der Waals surface area contributed by atoms with Crippen molar-refractivity contribution in [3.63, 3.8) is 0 Å². The Hall–Kier alpha value is -3.22. The first-order chi connectivity index (χ1) is 12.7. The number of likely N-dealkylation sites (tertiary alicyclic amines) is 1. The monoisotopic (exact) mass is 348 g/mol. The van der Waals surface area contributed by atoms with Gasteiger partial charge in [-0.05, 0) is 31.9 Å². The van der Waals surface area contributed by atoms with Crippen LogP contribution in [0.25, 0.3) is 11.4 Å². The fourth-order valence-corrected chi connectivity index (χ4v) is 3.25. The molecule has 0 unspecified atom stereocenters. The second-order valence-corrected chi connectivity index (χ2v) is 6.38. The molecule has 7 heteroatoms. The van der Waals surface area contributed by atoms with Gasteiger partial charge in [0.05, 0.1) is 6.04 Å². The van der Waals surface area contributed by atoms with E-state index in [2.05, 4.69) is 25.5 Å². The highest BCUT2D eigenvalue weighted by Gasteiger charge is 2.32. The molecule has 2 amide bonds. The average molecular weight is 348 g/mol. The molecular formula is C19H20N6O. The summed E-state index contributed by atoms with van der Waals surface area (Å²) in [5.41, 5.74) is 2.57. The van der Waals surface area contributed by atoms with E-state index in [1.165, 1.54) is 0 Å². The fraction of sp³-hybridized carbons (Fsp3) is 0.263. The quantitative estimate of drug-likeness (QED) is 0.758. The number of hydrogen-bond donors (Lipinski definition) is 2. The number of carbonyl (C=O) groups excluding carboxylic acids is 1. The summed E-state index contributed by atoms with van der Waals surface area (Å²) in [6.07, 6.45) is 3.50. The van der Waals surface area contributed by atoms with Crippen LogP contribution in [-0.2, 0) is 0 Å². The summed E-state index contributed by atoms with van der Waals surface area (Å²) >= 11 is 0. The number of benzene rings is 1. The zero-order valence-corrected chi connectivity index (χ0v) is 14.5. The number of carbonyl (C=O) groups is 1. The van der Waals surface area contributed by atoms with Crippen LogP contribution in [0.3, 0.4) is 0 Å². The summed E-state index contributed by atoms with van der Waals surface area (Å²) in [5, 5.41) is 10.3. The Morgan fingerprint density at radius 2 is 2.12 bits per heavy atom. The van der Waals surface area contributed by atoms with E-state index in [0.29, 0.717) is 12.4 Å². The molecule has 1 saturated heterocycles. The highest BCUT2D eigenvalue weighted by atomic mass is 16.2. The molecular weight excluding hydrogens is 328 g/mol. The molecule has 2 aromatic heterocycles. The third-order valence-corrected chi connectivity index (χ3v) is 4.51. The number of nitrogens with zero attached hydrogens (tertiary/aromatic N) is 4. The largest absolute Gasteiger partial charge is 0.322 e. The van der Waals surface area contributed by atoms with Crippen LogP contribution in [0.2, 0.25) is 0 Å². The van der Waals surface area contributed by atoms with Crippen molar-refractivity contribution in [2.45, 2.75) is 25.8 Å². The van der Waals surface area contributed by atoms with E-state index in [9.17, 15) is 4.79 Å². The van der Waals surface area contributed by atoms with Gasteiger partial charge in [0, 0.05) is 29.7 Å². The van der Waals surface area contributed by atoms with Crippen LogP contribution in [0.15, 0.2) is 48.7 Å². The number of aromatic amines is 1. The number of amides is 2. The topological polar surface area (TPSA) is 86.8 Å². The van der Waals surface area contributed by atoms with Crippen LogP contribution in [0, 0.1) is 6.92 Å². The smallest absolute Gasteiger partial charge is 0.314 e. The number of nitrogens with one attached hydrogen (secondary N) is 2. The van der Waals surface area contributed by atoms with Crippen LogP contribution in [-0.4, -0.2) is 37.6 Å². The molecule has 26 heavy (non-hydrogen) atoms. The normalized spacial score (nSPS) is 16.7. The van der Waals surface area contributed by atoms with Crippen LogP contribution in [0.5, 0.6) is 0 Å². The molecule has 1 aliphatic rings. The third kappa shape index (κ3) is 3.28. The van der Waals surface area contributed by atoms with E-state index >= 15 is 0 Å². The predicted octanol–water partition coefficient (Wildman–Crippen LogP) is 3.54. The Morgan fingerprint density at radius 1 is 1.27 bits per heavy atom. The number of aromatic nitrogens is 4. The number of H-pyrrole nitrogens is 1. The number of anilines is 1. The lowest BCUT2D eigenvalue weighted by Gasteiger charge is -2.23. The Bertz CT molecular complexity index is 907. The number of aryl methyl sites for hydroxylation is 1. The maximum Gasteiger partial charge on any atom is 0.322 e. The van der Waals surface area contributed by atoms with Crippen molar-refractivity contribution in [2.24, 2.45) is 0 Å². The number of rotatable bonds is 3. The van der Waals surface area contributed by atoms with Crippen LogP contribution in [0.1, 0.15) is 30.4 Å². The van der Waals surface area contributed by atoms with Crippen LogP contribution >= 0.6 is 0 Å². The maximum absolute atomic E-state index is 12.7. The van der Waals surface area contributed by atoms with E-state index in [0.717, 1.165) is 35.6 Å². The summed E-state index contributed by atoms with van der Waals surface area (Å²) < 4.78 is 0. The summed E-state index contributed by atoms with van der Waals surface area (Å²) in [7, 11) is 0. The van der Waals surface area contributed by atoms with Crippen molar-refractivity contribution in [3.8, 4) is 11.4 Å². The SMILES string of the molecule is Cc1cc(NC(=O)N2CCC[C@@H]2c2nc(-c3ccccc3)n[nH]2)ccn1. The van der Waals surface area contributed by atoms with Crippen LogP contribution < -0.4 is 5.32 Å². The molecule has 3 heterocycles. The second-order valence-electron chi connectivity index (χ2n) is 6.38. The van der Waals surface area contributed by atoms with Crippen LogP contribution in [0.4, 0.5) is 10.5 Å². The molecule has 0 bridgehead atoms. The van der Waals surface area contributed by atoms with E-state index in [1.807, 2.05) is 48.2 Å². The van der Waals surface area contributed by atoms with E-state index < -0.39 is 0 Å². The summed E-state index contributed by atoms with van der Waals surface area (Å²) in [5.74, 6) is 1.38. The first kappa shape index (κ1) is 16.3. The molecule has 0 aliphatic carbocycles. The lowest BCUT2D eigenvalue weighted by molar-refractivity contribution is 0.205. The minimum atomic E-state index is -0.129. The van der Waals surface area contributed by atoms with Gasteiger partial charge in [-0.25, -0.2) is 9.78 Å². The van der Waals surface area contributed by atoms with Crippen molar-refractivity contribution in [1.82, 2.24) is 25.1 Å². The Kier molecular flexibility index (Phi) is 4.35. The number of pyridine rings is 1. The Balaban J connectivity index is 1.51. The van der Waals surface area contributed by atoms with Gasteiger partial charge < -0.3 is 10.2 Å². The molecule has 132 valence electrons. The first-order valence-electron chi connectivity index (χ1n) is 8.69. The van der Waals surface area contributed by atoms with Gasteiger partial charge in [0.15, 0.2) is 5.82 Å². The fourth-order valence-electron chi connectivity index (χ4n) is 3.25. The van der Waals surface area contributed by atoms with E-state index in [4.69, 9.17) is 0 Å². The number of urea groups is 1. The van der Waals surface area contributed by atoms with Crippen molar-refractivity contribution >= 4 is 11.7 Å². The van der Waals surface area contributed by atoms with Gasteiger partial charge in [-0.3, -0.25) is 10.1 Å². The lowest BCUT2D eigenvalue weighted by atomic mass is 10.2. The van der Waals surface area contributed by atoms with Crippen molar-refractivity contribution in [2.75, 3.05) is 11.9 Å². The van der Waals surface area contributed by atoms with Gasteiger partial charge in [0.2, 0.25) is 0 Å². The molecule has 1 aromatic carbocycles. The molecule has 2 N–H and O–H groups in total. The van der Waals surface area contributed by atoms with E-state index in [1.54, 1.807) is 12.3 Å². The molecule has 7 nitrogen and oxygen atoms in total. The summed E-state index contributed by atoms with van der Waals surface area (Å²) in [6.45, 7) is 2.59. The van der Waals surface area contributed by atoms with Gasteiger partial charge in [0.1, 0.15) is 5.82 Å². The molecule has 1 aliphatic heterocycles. The Labute approximate surface area is 151 Å². The lowest BCUT2D eigenvalue weighted by Crippen LogP contribution is -2.34. The van der Waals surface area contributed by atoms with Gasteiger partial charge in [0.25, 0.3) is 0 Å². The standard InChI is InChI=1S/C19H20N6O/c1-13-12-15(9-10-20-13)21-19(26)25-11-5-8-16(25)18-22-17(23-24-18)14-6-3-2-4-7-14/h2-4,6-7,9-10,12,16H,5,8,11H2,1H3,(H,20,21,26)(H,22,23,24)/t16-/m1/s1. The molecule has 1 fully saturated rings. The Morgan fingerprint density at radius 3 is 2.92 bits per heavy atom. The zero-order valence-electron chi connectivity index (χ0n) is 14.5. The van der Waals surface area contributed by atoms with Crippen molar-refractivity contribution in [3.05, 3.63) is 60.2 Å². The predicted molar refractivity (Wildman–Crippen MR) is 98.5 cm³/mol. The van der Waals surface area contributed by atoms with Gasteiger partial charge >= 0.3 is 6.03 Å². The third-order valence-electron chi connectivity index (χ3n) is 4.51. The van der Waals surface area contributed by atoms with Crippen molar-refractivity contribution in [1.29, 1.82) is 0 Å². The summed E-state index contributed by atoms with van der Waals surface area (Å²) in [4.78, 5) is 23.3. The highest BCUT2D eigenvalue weighted by Crippen LogP contribution is 2.31. The van der Waals surface area contributed by atoms with Gasteiger partial charge in [-0.2, -0.15) is 5.10 Å². The second kappa shape index (κ2) is 6.95. The molecule has 0 saturated carbocycles. The minimum Gasteiger partial charge on any atom is -0.314 e. The minimum absolute atomic E-state index is 0.0945. The van der Waals surface area contributed by atoms with Crippen molar-refractivity contribution < 1.29 is 4.79 Å². The molecule has 4 rings (SSSR count). The zero-order chi connectivity index (χ0) is 17.9. The molecule has 1 atom stereocenters. The van der Waals surface area contributed by atoms with Gasteiger partial charge in [-0.1, -0.05) is 30.3 Å². The molecule has 0 spiro atoms. The summed E-state index contributed by atoms with van der Waals surface area (Å²) in [6, 6.07) is 13.2. The molecule has 0 radical (unpaired) electrons. The van der Waals surface area contributed by atoms with Gasteiger partial charge in [-0.15, -0.1) is 0 Å². The maximum atomic E-state index is 12.7. The first-order valence-corrected chi connectivity index (χ1v) is 8.69. The molecule has 3 aromatic rings. The average Bonchev–Trinajstić information content (AvgIpc) is 3.32. The number of hydrogen-bond acceptors (Lipinski definition) is 4. The van der Waals surface area contributed by atoms with E-state index in [-0.39, 0.29) is 12.1 Å². The highest BCUT2D eigenvalue weighted by molar-refractivity contribution is 5.89.